The number of hydrogen-bond donors (Lipinski definition) is 0. The van der Waals surface area contributed by atoms with E-state index in [0.29, 0.717) is 0 Å². The minimum absolute atomic E-state index is 1.03. The van der Waals surface area contributed by atoms with Gasteiger partial charge in [-0.1, -0.05) is 26.7 Å². The number of aromatic nitrogens is 2. The van der Waals surface area contributed by atoms with Crippen LogP contribution in [0.5, 0.6) is 0 Å². The lowest BCUT2D eigenvalue weighted by Crippen LogP contribution is -2.02. The molecule has 0 spiro atoms. The van der Waals surface area contributed by atoms with Crippen molar-refractivity contribution in [2.75, 3.05) is 0 Å². The monoisotopic (exact) mass is 178 g/mol. The Labute approximate surface area is 80.4 Å². The predicted octanol–water partition coefficient (Wildman–Crippen LogP) is 2.69. The van der Waals surface area contributed by atoms with E-state index in [-0.39, 0.29) is 0 Å². The van der Waals surface area contributed by atoms with Crippen molar-refractivity contribution in [2.24, 2.45) is 0 Å². The topological polar surface area (TPSA) is 25.8 Å². The van der Waals surface area contributed by atoms with Gasteiger partial charge in [0.05, 0.1) is 17.1 Å². The molecule has 0 atom stereocenters. The van der Waals surface area contributed by atoms with Gasteiger partial charge in [-0.2, -0.15) is 0 Å². The van der Waals surface area contributed by atoms with Gasteiger partial charge in [0.15, 0.2) is 0 Å². The van der Waals surface area contributed by atoms with Crippen LogP contribution < -0.4 is 0 Å². The molecule has 1 rings (SSSR count). The summed E-state index contributed by atoms with van der Waals surface area (Å²) in [6.45, 7) is 6.36. The molecule has 1 heterocycles. The first-order valence-corrected chi connectivity index (χ1v) is 5.09. The van der Waals surface area contributed by atoms with E-state index in [1.807, 2.05) is 13.1 Å². The molecule has 0 aliphatic carbocycles. The van der Waals surface area contributed by atoms with Crippen LogP contribution in [-0.2, 0) is 12.8 Å². The molecule has 0 saturated carbocycles. The molecular weight excluding hydrogens is 160 g/mol. The van der Waals surface area contributed by atoms with E-state index in [4.69, 9.17) is 0 Å². The quantitative estimate of drug-likeness (QED) is 0.708. The van der Waals surface area contributed by atoms with Gasteiger partial charge in [0.2, 0.25) is 0 Å². The zero-order chi connectivity index (χ0) is 9.68. The highest BCUT2D eigenvalue weighted by molar-refractivity contribution is 5.13. The maximum atomic E-state index is 4.52. The second-order valence-electron chi connectivity index (χ2n) is 3.40. The Kier molecular flexibility index (Phi) is 3.87. The molecule has 2 nitrogen and oxygen atoms in total. The summed E-state index contributed by atoms with van der Waals surface area (Å²) < 4.78 is 0. The highest BCUT2D eigenvalue weighted by Crippen LogP contribution is 2.08. The Morgan fingerprint density at radius 3 is 2.31 bits per heavy atom. The molecular formula is C11H18N2. The van der Waals surface area contributed by atoms with Gasteiger partial charge in [-0.25, -0.2) is 0 Å². The third-order valence-corrected chi connectivity index (χ3v) is 2.03. The SMILES string of the molecule is CCCc1ncc(C)nc1CCC. The zero-order valence-corrected chi connectivity index (χ0v) is 8.80. The molecule has 0 bridgehead atoms. The van der Waals surface area contributed by atoms with Crippen molar-refractivity contribution in [2.45, 2.75) is 46.5 Å². The summed E-state index contributed by atoms with van der Waals surface area (Å²) in [7, 11) is 0. The highest BCUT2D eigenvalue weighted by atomic mass is 14.8. The third-order valence-electron chi connectivity index (χ3n) is 2.03. The molecule has 0 saturated heterocycles. The van der Waals surface area contributed by atoms with Crippen molar-refractivity contribution in [3.8, 4) is 0 Å². The molecule has 72 valence electrons. The fourth-order valence-electron chi connectivity index (χ4n) is 1.43. The van der Waals surface area contributed by atoms with Crippen LogP contribution in [0, 0.1) is 6.92 Å². The van der Waals surface area contributed by atoms with Gasteiger partial charge in [-0.15, -0.1) is 0 Å². The average molecular weight is 178 g/mol. The Bertz CT molecular complexity index is 269. The van der Waals surface area contributed by atoms with E-state index >= 15 is 0 Å². The van der Waals surface area contributed by atoms with Crippen LogP contribution in [0.15, 0.2) is 6.20 Å². The molecule has 1 aromatic heterocycles. The number of nitrogens with zero attached hydrogens (tertiary/aromatic N) is 2. The Morgan fingerprint density at radius 2 is 1.69 bits per heavy atom. The standard InChI is InChI=1S/C11H18N2/c1-4-6-10-11(7-5-2)13-9(3)8-12-10/h8H,4-7H2,1-3H3. The molecule has 0 radical (unpaired) electrons. The summed E-state index contributed by atoms with van der Waals surface area (Å²) in [5.74, 6) is 0. The second kappa shape index (κ2) is 4.95. The summed E-state index contributed by atoms with van der Waals surface area (Å²) in [5, 5.41) is 0. The summed E-state index contributed by atoms with van der Waals surface area (Å²) in [4.78, 5) is 8.94. The van der Waals surface area contributed by atoms with Crippen LogP contribution in [0.4, 0.5) is 0 Å². The first kappa shape index (κ1) is 10.2. The molecule has 0 N–H and O–H groups in total. The Hall–Kier alpha value is -0.920. The molecule has 0 aliphatic rings. The van der Waals surface area contributed by atoms with Gasteiger partial charge in [-0.3, -0.25) is 9.97 Å². The molecule has 0 unspecified atom stereocenters. The van der Waals surface area contributed by atoms with Gasteiger partial charge in [0.25, 0.3) is 0 Å². The summed E-state index contributed by atoms with van der Waals surface area (Å²) in [5.41, 5.74) is 3.42. The Morgan fingerprint density at radius 1 is 1.08 bits per heavy atom. The van der Waals surface area contributed by atoms with Crippen LogP contribution in [0.2, 0.25) is 0 Å². The van der Waals surface area contributed by atoms with Crippen molar-refractivity contribution in [1.82, 2.24) is 9.97 Å². The van der Waals surface area contributed by atoms with Crippen LogP contribution in [-0.4, -0.2) is 9.97 Å². The van der Waals surface area contributed by atoms with Gasteiger partial charge in [-0.05, 0) is 19.8 Å². The van der Waals surface area contributed by atoms with Crippen LogP contribution in [0.1, 0.15) is 43.8 Å². The van der Waals surface area contributed by atoms with E-state index in [1.54, 1.807) is 0 Å². The van der Waals surface area contributed by atoms with E-state index in [0.717, 1.165) is 31.4 Å². The largest absolute Gasteiger partial charge is 0.258 e. The Balaban J connectivity index is 2.89. The van der Waals surface area contributed by atoms with Gasteiger partial charge >= 0.3 is 0 Å². The molecule has 1 aromatic rings. The van der Waals surface area contributed by atoms with Crippen LogP contribution >= 0.6 is 0 Å². The first-order valence-electron chi connectivity index (χ1n) is 5.09. The molecule has 0 fully saturated rings. The predicted molar refractivity (Wildman–Crippen MR) is 54.8 cm³/mol. The van der Waals surface area contributed by atoms with E-state index in [9.17, 15) is 0 Å². The van der Waals surface area contributed by atoms with Crippen LogP contribution in [0.3, 0.4) is 0 Å². The average Bonchev–Trinajstić information content (AvgIpc) is 2.10. The van der Waals surface area contributed by atoms with E-state index in [1.165, 1.54) is 11.4 Å². The fraction of sp³-hybridized carbons (Fsp3) is 0.636. The highest BCUT2D eigenvalue weighted by Gasteiger charge is 2.03. The molecule has 13 heavy (non-hydrogen) atoms. The van der Waals surface area contributed by atoms with Gasteiger partial charge < -0.3 is 0 Å². The molecule has 0 aliphatic heterocycles. The lowest BCUT2D eigenvalue weighted by Gasteiger charge is -2.06. The maximum Gasteiger partial charge on any atom is 0.0621 e. The molecule has 2 heteroatoms. The zero-order valence-electron chi connectivity index (χ0n) is 8.80. The van der Waals surface area contributed by atoms with Crippen LogP contribution in [0.25, 0.3) is 0 Å². The number of hydrogen-bond acceptors (Lipinski definition) is 2. The minimum Gasteiger partial charge on any atom is -0.258 e. The molecule has 0 amide bonds. The van der Waals surface area contributed by atoms with Gasteiger partial charge in [0.1, 0.15) is 0 Å². The fourth-order valence-corrected chi connectivity index (χ4v) is 1.43. The lowest BCUT2D eigenvalue weighted by atomic mass is 10.1. The smallest absolute Gasteiger partial charge is 0.0621 e. The summed E-state index contributed by atoms with van der Waals surface area (Å²) in [6, 6.07) is 0. The van der Waals surface area contributed by atoms with Crippen molar-refractivity contribution < 1.29 is 0 Å². The summed E-state index contributed by atoms with van der Waals surface area (Å²) >= 11 is 0. The third kappa shape index (κ3) is 2.79. The lowest BCUT2D eigenvalue weighted by molar-refractivity contribution is 0.788. The summed E-state index contributed by atoms with van der Waals surface area (Å²) in [6.07, 6.45) is 6.28. The van der Waals surface area contributed by atoms with E-state index in [2.05, 4.69) is 23.8 Å². The van der Waals surface area contributed by atoms with E-state index < -0.39 is 0 Å². The first-order chi connectivity index (χ1) is 6.27. The van der Waals surface area contributed by atoms with Crippen molar-refractivity contribution >= 4 is 0 Å². The normalized spacial score (nSPS) is 10.4. The van der Waals surface area contributed by atoms with Crippen molar-refractivity contribution in [3.63, 3.8) is 0 Å². The van der Waals surface area contributed by atoms with Crippen molar-refractivity contribution in [3.05, 3.63) is 23.3 Å². The van der Waals surface area contributed by atoms with Gasteiger partial charge in [0, 0.05) is 6.20 Å². The van der Waals surface area contributed by atoms with Crippen molar-refractivity contribution in [1.29, 1.82) is 0 Å². The number of aryl methyl sites for hydroxylation is 3. The number of rotatable bonds is 4. The maximum absolute atomic E-state index is 4.52. The minimum atomic E-state index is 1.03. The molecule has 0 aromatic carbocycles. The second-order valence-corrected chi connectivity index (χ2v) is 3.40.